The minimum absolute atomic E-state index is 0.0224. The molecule has 4 aliphatic carbocycles. The smallest absolute Gasteiger partial charge is 0.129 e. The minimum Gasteiger partial charge on any atom is -0.395 e. The summed E-state index contributed by atoms with van der Waals surface area (Å²) in [5, 5.41) is 26.3. The van der Waals surface area contributed by atoms with Gasteiger partial charge < -0.3 is 20.8 Å². The molecular weight excluding hydrogens is 352 g/mol. The maximum absolute atomic E-state index is 12.1. The van der Waals surface area contributed by atoms with Crippen molar-refractivity contribution in [1.29, 1.82) is 0 Å². The topological polar surface area (TPSA) is 88.1 Å². The first-order chi connectivity index (χ1) is 13.3. The van der Waals surface area contributed by atoms with Crippen molar-refractivity contribution in [3.8, 4) is 0 Å². The molecule has 0 saturated heterocycles. The number of fused-ring (bicyclic) bond motifs is 5. The van der Waals surface area contributed by atoms with E-state index in [1.54, 1.807) is 0 Å². The molecule has 0 amide bonds. The summed E-state index contributed by atoms with van der Waals surface area (Å²) >= 11 is 0. The average Bonchev–Trinajstić information content (AvgIpc) is 2.93. The molecule has 4 fully saturated rings. The Bertz CT molecular complexity index is 598. The summed E-state index contributed by atoms with van der Waals surface area (Å²) in [6, 6.07) is 0. The van der Waals surface area contributed by atoms with Crippen LogP contribution in [-0.4, -0.2) is 41.3 Å². The molecule has 28 heavy (non-hydrogen) atoms. The van der Waals surface area contributed by atoms with Crippen molar-refractivity contribution in [2.24, 2.45) is 45.4 Å². The number of nitrogens with two attached hydrogens (primary N) is 1. The molecule has 5 heteroatoms. The van der Waals surface area contributed by atoms with E-state index in [-0.39, 0.29) is 11.5 Å². The molecule has 0 radical (unpaired) electrons. The summed E-state index contributed by atoms with van der Waals surface area (Å²) in [6.45, 7) is 5.76. The van der Waals surface area contributed by atoms with Gasteiger partial charge in [0.2, 0.25) is 0 Å². The summed E-state index contributed by atoms with van der Waals surface area (Å²) in [5.74, 6) is 2.13. The van der Waals surface area contributed by atoms with E-state index in [0.717, 1.165) is 51.4 Å². The first-order valence-corrected chi connectivity index (χ1v) is 11.6. The summed E-state index contributed by atoms with van der Waals surface area (Å²) in [4.78, 5) is 5.17. The van der Waals surface area contributed by atoms with Crippen LogP contribution in [0.2, 0.25) is 0 Å². The Kier molecular flexibility index (Phi) is 5.56. The van der Waals surface area contributed by atoms with Crippen LogP contribution in [0.1, 0.15) is 78.1 Å². The highest BCUT2D eigenvalue weighted by molar-refractivity contribution is 5.57. The summed E-state index contributed by atoms with van der Waals surface area (Å²) in [7, 11) is 0. The molecule has 0 unspecified atom stereocenters. The van der Waals surface area contributed by atoms with Crippen molar-refractivity contribution >= 4 is 6.21 Å². The van der Waals surface area contributed by atoms with E-state index >= 15 is 0 Å². The third-order valence-electron chi connectivity index (χ3n) is 9.76. The molecule has 0 aromatic carbocycles. The second-order valence-electron chi connectivity index (χ2n) is 10.7. The van der Waals surface area contributed by atoms with E-state index in [4.69, 9.17) is 10.6 Å². The average molecular weight is 393 g/mol. The van der Waals surface area contributed by atoms with E-state index in [1.807, 2.05) is 6.21 Å². The molecule has 0 heterocycles. The molecule has 0 aromatic heterocycles. The van der Waals surface area contributed by atoms with Crippen molar-refractivity contribution < 1.29 is 15.1 Å². The number of nitrogens with zero attached hydrogens (tertiary/aromatic N) is 1. The summed E-state index contributed by atoms with van der Waals surface area (Å²) in [6.07, 6.45) is 12.3. The molecule has 160 valence electrons. The number of hydrogen-bond acceptors (Lipinski definition) is 5. The molecular formula is C23H40N2O3. The molecule has 0 spiro atoms. The fourth-order valence-corrected chi connectivity index (χ4v) is 8.02. The number of rotatable bonds is 5. The molecule has 4 rings (SSSR count). The van der Waals surface area contributed by atoms with E-state index in [2.05, 4.69) is 19.0 Å². The molecule has 4 N–H and O–H groups in total. The highest BCUT2D eigenvalue weighted by Crippen LogP contribution is 2.69. The Morgan fingerprint density at radius 3 is 2.68 bits per heavy atom. The minimum atomic E-state index is -0.545. The van der Waals surface area contributed by atoms with Gasteiger partial charge in [-0.15, -0.1) is 0 Å². The van der Waals surface area contributed by atoms with Gasteiger partial charge in [-0.1, -0.05) is 19.0 Å². The lowest BCUT2D eigenvalue weighted by Crippen LogP contribution is -2.62. The van der Waals surface area contributed by atoms with Gasteiger partial charge in [0.05, 0.1) is 11.7 Å². The quantitative estimate of drug-likeness (QED) is 0.380. The lowest BCUT2D eigenvalue weighted by atomic mass is 9.43. The molecule has 5 nitrogen and oxygen atoms in total. The first kappa shape index (κ1) is 20.6. The lowest BCUT2D eigenvalue weighted by Gasteiger charge is -2.63. The third-order valence-corrected chi connectivity index (χ3v) is 9.76. The van der Waals surface area contributed by atoms with Crippen LogP contribution in [0.3, 0.4) is 0 Å². The van der Waals surface area contributed by atoms with Crippen LogP contribution in [0, 0.1) is 34.5 Å². The van der Waals surface area contributed by atoms with Gasteiger partial charge in [0, 0.05) is 12.8 Å². The van der Waals surface area contributed by atoms with Gasteiger partial charge in [-0.2, -0.15) is 0 Å². The Balaban J connectivity index is 1.51. The van der Waals surface area contributed by atoms with Crippen LogP contribution in [0.15, 0.2) is 5.16 Å². The molecule has 8 atom stereocenters. The Labute approximate surface area is 170 Å². The van der Waals surface area contributed by atoms with Crippen LogP contribution in [0.5, 0.6) is 0 Å². The molecule has 0 aromatic rings. The molecule has 4 saturated carbocycles. The number of oxime groups is 1. The van der Waals surface area contributed by atoms with Crippen molar-refractivity contribution in [2.45, 2.75) is 89.8 Å². The number of aliphatic hydroxyl groups excluding tert-OH is 1. The first-order valence-electron chi connectivity index (χ1n) is 11.6. The van der Waals surface area contributed by atoms with Gasteiger partial charge >= 0.3 is 0 Å². The Hall–Kier alpha value is -0.650. The van der Waals surface area contributed by atoms with Crippen LogP contribution in [-0.2, 0) is 4.84 Å². The fraction of sp³-hybridized carbons (Fsp3) is 0.957. The van der Waals surface area contributed by atoms with Gasteiger partial charge in [-0.05, 0) is 98.7 Å². The van der Waals surface area contributed by atoms with E-state index in [1.165, 1.54) is 12.8 Å². The van der Waals surface area contributed by atoms with Gasteiger partial charge in [-0.25, -0.2) is 0 Å². The van der Waals surface area contributed by atoms with Crippen molar-refractivity contribution in [3.05, 3.63) is 0 Å². The highest BCUT2D eigenvalue weighted by Gasteiger charge is 2.66. The lowest BCUT2D eigenvalue weighted by molar-refractivity contribution is -0.209. The van der Waals surface area contributed by atoms with Crippen molar-refractivity contribution in [3.63, 3.8) is 0 Å². The van der Waals surface area contributed by atoms with Crippen molar-refractivity contribution in [1.82, 2.24) is 0 Å². The number of hydrogen-bond donors (Lipinski definition) is 3. The maximum atomic E-state index is 12.1. The van der Waals surface area contributed by atoms with Crippen LogP contribution in [0.4, 0.5) is 0 Å². The summed E-state index contributed by atoms with van der Waals surface area (Å²) < 4.78 is 0. The van der Waals surface area contributed by atoms with Gasteiger partial charge in [0.25, 0.3) is 0 Å². The molecule has 0 bridgehead atoms. The standard InChI is InChI=1S/C23H40N2O3/c1-21-9-6-18(26)15-17(21)3-4-20-19(21)7-10-22(2)16(5-11-23(20,22)27)8-13-25-28-14-12-24/h13,16-20,26-27H,3-12,14-15,24H2,1-2H3/b25-13+/t16-,17-,18+,19+,20-,21+,22-,23+/m1/s1. The largest absolute Gasteiger partial charge is 0.395 e. The molecule has 0 aliphatic heterocycles. The SMILES string of the molecule is C[C@]12CC[C@H](O)C[C@H]1CC[C@@H]1[C@@H]2CC[C@]2(C)[C@@H](C/C=N/OCCN)CC[C@]12O. The van der Waals surface area contributed by atoms with E-state index in [0.29, 0.717) is 42.2 Å². The monoisotopic (exact) mass is 392 g/mol. The van der Waals surface area contributed by atoms with Gasteiger partial charge in [0.1, 0.15) is 6.61 Å². The second-order valence-corrected chi connectivity index (χ2v) is 10.7. The number of aliphatic hydroxyl groups is 2. The summed E-state index contributed by atoms with van der Waals surface area (Å²) in [5.41, 5.74) is 5.17. The molecule has 4 aliphatic rings. The van der Waals surface area contributed by atoms with Crippen molar-refractivity contribution in [2.75, 3.05) is 13.2 Å². The predicted molar refractivity (Wildman–Crippen MR) is 111 cm³/mol. The highest BCUT2D eigenvalue weighted by atomic mass is 16.6. The van der Waals surface area contributed by atoms with Gasteiger partial charge in [-0.3, -0.25) is 0 Å². The zero-order valence-corrected chi connectivity index (χ0v) is 17.8. The van der Waals surface area contributed by atoms with E-state index in [9.17, 15) is 10.2 Å². The normalized spacial score (nSPS) is 50.8. The van der Waals surface area contributed by atoms with Crippen LogP contribution >= 0.6 is 0 Å². The predicted octanol–water partition coefficient (Wildman–Crippen LogP) is 3.47. The zero-order chi connectivity index (χ0) is 20.0. The van der Waals surface area contributed by atoms with Gasteiger partial charge in [0.15, 0.2) is 0 Å². The van der Waals surface area contributed by atoms with E-state index < -0.39 is 5.60 Å². The van der Waals surface area contributed by atoms with Crippen LogP contribution in [0.25, 0.3) is 0 Å². The Morgan fingerprint density at radius 2 is 1.89 bits per heavy atom. The Morgan fingerprint density at radius 1 is 1.07 bits per heavy atom. The fourth-order valence-electron chi connectivity index (χ4n) is 8.02. The zero-order valence-electron chi connectivity index (χ0n) is 17.8. The van der Waals surface area contributed by atoms with Crippen LogP contribution < -0.4 is 5.73 Å². The maximum Gasteiger partial charge on any atom is 0.129 e. The second kappa shape index (κ2) is 7.55. The third kappa shape index (κ3) is 3.04.